The Balaban J connectivity index is 1.83. The molecule has 1 unspecified atom stereocenters. The number of halogens is 2. The summed E-state index contributed by atoms with van der Waals surface area (Å²) in [6.45, 7) is 0. The summed E-state index contributed by atoms with van der Waals surface area (Å²) in [5.41, 5.74) is 1.17. The van der Waals surface area contributed by atoms with Gasteiger partial charge >= 0.3 is 0 Å². The van der Waals surface area contributed by atoms with Crippen LogP contribution in [0, 0.1) is 0 Å². The van der Waals surface area contributed by atoms with Gasteiger partial charge in [0, 0.05) is 24.2 Å². The van der Waals surface area contributed by atoms with Crippen LogP contribution in [-0.2, 0) is 0 Å². The molecule has 0 spiro atoms. The zero-order chi connectivity index (χ0) is 10.4. The molecule has 1 N–H and O–H groups in total. The van der Waals surface area contributed by atoms with Crippen LogP contribution in [0.15, 0.2) is 18.3 Å². The predicted octanol–water partition coefficient (Wildman–Crippen LogP) is 2.29. The second kappa shape index (κ2) is 3.42. The lowest BCUT2D eigenvalue weighted by atomic mass is 9.84. The number of pyridine rings is 1. The summed E-state index contributed by atoms with van der Waals surface area (Å²) >= 11 is 5.73. The average molecular weight is 227 g/mol. The molecular formula is C11H12ClFN2. The summed E-state index contributed by atoms with van der Waals surface area (Å²) in [5, 5.41) is 3.82. The van der Waals surface area contributed by atoms with Crippen molar-refractivity contribution in [3.63, 3.8) is 0 Å². The molecule has 1 aromatic heterocycles. The summed E-state index contributed by atoms with van der Waals surface area (Å²) in [7, 11) is 0. The summed E-state index contributed by atoms with van der Waals surface area (Å²) in [5.74, 6) is 0.409. The molecule has 2 aliphatic rings. The molecule has 0 amide bonds. The van der Waals surface area contributed by atoms with Crippen LogP contribution in [-0.4, -0.2) is 23.2 Å². The van der Waals surface area contributed by atoms with E-state index in [2.05, 4.69) is 10.3 Å². The second-order valence-corrected chi connectivity index (χ2v) is 4.78. The SMILES string of the molecule is F[C@H]1C[C@@H]2N[C@H]1CC2c1ccc(Cl)nc1. The first-order chi connectivity index (χ1) is 7.24. The molecule has 1 aromatic rings. The third kappa shape index (κ3) is 1.54. The third-order valence-electron chi connectivity index (χ3n) is 3.52. The standard InChI is InChI=1S/C11H12ClFN2/c12-11-2-1-6(5-14-11)7-3-10-8(13)4-9(7)15-10/h1-2,5,7-10,15H,3-4H2/t7?,8-,9-,10-/m0/s1. The number of hydrogen-bond donors (Lipinski definition) is 1. The van der Waals surface area contributed by atoms with Crippen LogP contribution in [0.3, 0.4) is 0 Å². The second-order valence-electron chi connectivity index (χ2n) is 4.39. The summed E-state index contributed by atoms with van der Waals surface area (Å²) in [6.07, 6.45) is 2.67. The van der Waals surface area contributed by atoms with Gasteiger partial charge in [0.2, 0.25) is 0 Å². The Bertz CT molecular complexity index is 365. The van der Waals surface area contributed by atoms with E-state index in [9.17, 15) is 4.39 Å². The first kappa shape index (κ1) is 9.55. The third-order valence-corrected chi connectivity index (χ3v) is 3.74. The van der Waals surface area contributed by atoms with Crippen LogP contribution in [0.5, 0.6) is 0 Å². The monoisotopic (exact) mass is 226 g/mol. The molecule has 0 aliphatic carbocycles. The van der Waals surface area contributed by atoms with Crippen molar-refractivity contribution in [2.45, 2.75) is 37.0 Å². The number of nitrogens with zero attached hydrogens (tertiary/aromatic N) is 1. The van der Waals surface area contributed by atoms with Gasteiger partial charge in [-0.05, 0) is 24.5 Å². The number of rotatable bonds is 1. The van der Waals surface area contributed by atoms with Crippen molar-refractivity contribution < 1.29 is 4.39 Å². The fourth-order valence-corrected chi connectivity index (χ4v) is 2.88. The highest BCUT2D eigenvalue weighted by Gasteiger charge is 2.46. The zero-order valence-corrected chi connectivity index (χ0v) is 8.91. The molecular weight excluding hydrogens is 215 g/mol. The molecule has 4 heteroatoms. The van der Waals surface area contributed by atoms with Gasteiger partial charge in [0.1, 0.15) is 11.3 Å². The van der Waals surface area contributed by atoms with Crippen molar-refractivity contribution in [3.05, 3.63) is 29.0 Å². The number of nitrogens with one attached hydrogen (secondary N) is 1. The minimum atomic E-state index is -0.661. The van der Waals surface area contributed by atoms with E-state index in [1.807, 2.05) is 12.3 Å². The maximum Gasteiger partial charge on any atom is 0.129 e. The van der Waals surface area contributed by atoms with E-state index in [4.69, 9.17) is 11.6 Å². The van der Waals surface area contributed by atoms with E-state index >= 15 is 0 Å². The Morgan fingerprint density at radius 1 is 1.33 bits per heavy atom. The normalized spacial score (nSPS) is 38.5. The van der Waals surface area contributed by atoms with E-state index in [1.165, 1.54) is 5.56 Å². The molecule has 2 fully saturated rings. The van der Waals surface area contributed by atoms with Gasteiger partial charge in [-0.25, -0.2) is 9.37 Å². The minimum absolute atomic E-state index is 0.0516. The van der Waals surface area contributed by atoms with Crippen LogP contribution >= 0.6 is 11.6 Å². The van der Waals surface area contributed by atoms with Crippen molar-refractivity contribution in [2.24, 2.45) is 0 Å². The lowest BCUT2D eigenvalue weighted by Crippen LogP contribution is -2.23. The summed E-state index contributed by atoms with van der Waals surface area (Å²) < 4.78 is 13.3. The van der Waals surface area contributed by atoms with E-state index < -0.39 is 6.17 Å². The Labute approximate surface area is 92.8 Å². The van der Waals surface area contributed by atoms with E-state index in [-0.39, 0.29) is 12.1 Å². The fourth-order valence-electron chi connectivity index (χ4n) is 2.76. The molecule has 3 rings (SSSR count). The Morgan fingerprint density at radius 3 is 2.73 bits per heavy atom. The zero-order valence-electron chi connectivity index (χ0n) is 8.16. The molecule has 0 radical (unpaired) electrons. The molecule has 3 heterocycles. The molecule has 4 atom stereocenters. The van der Waals surface area contributed by atoms with Gasteiger partial charge in [-0.2, -0.15) is 0 Å². The van der Waals surface area contributed by atoms with Crippen molar-refractivity contribution in [1.29, 1.82) is 0 Å². The van der Waals surface area contributed by atoms with Crippen LogP contribution in [0.2, 0.25) is 5.15 Å². The molecule has 2 aliphatic heterocycles. The maximum absolute atomic E-state index is 13.3. The molecule has 80 valence electrons. The molecule has 0 saturated carbocycles. The summed E-state index contributed by atoms with van der Waals surface area (Å²) in [4.78, 5) is 4.07. The molecule has 2 bridgehead atoms. The highest BCUT2D eigenvalue weighted by Crippen LogP contribution is 2.41. The van der Waals surface area contributed by atoms with Gasteiger partial charge in [0.05, 0.1) is 0 Å². The topological polar surface area (TPSA) is 24.9 Å². The number of aromatic nitrogens is 1. The largest absolute Gasteiger partial charge is 0.308 e. The minimum Gasteiger partial charge on any atom is -0.308 e. The molecule has 2 saturated heterocycles. The summed E-state index contributed by atoms with van der Waals surface area (Å²) in [6, 6.07) is 4.13. The van der Waals surface area contributed by atoms with Crippen LogP contribution < -0.4 is 5.32 Å². The Kier molecular flexibility index (Phi) is 2.18. The highest BCUT2D eigenvalue weighted by molar-refractivity contribution is 6.29. The molecule has 2 nitrogen and oxygen atoms in total. The first-order valence-corrected chi connectivity index (χ1v) is 5.63. The smallest absolute Gasteiger partial charge is 0.129 e. The van der Waals surface area contributed by atoms with Gasteiger partial charge in [-0.1, -0.05) is 17.7 Å². The molecule has 0 aromatic carbocycles. The number of hydrogen-bond acceptors (Lipinski definition) is 2. The van der Waals surface area contributed by atoms with Gasteiger partial charge < -0.3 is 5.32 Å². The van der Waals surface area contributed by atoms with Gasteiger partial charge in [0.15, 0.2) is 0 Å². The van der Waals surface area contributed by atoms with E-state index in [0.29, 0.717) is 17.5 Å². The van der Waals surface area contributed by atoms with Crippen molar-refractivity contribution in [1.82, 2.24) is 10.3 Å². The van der Waals surface area contributed by atoms with Gasteiger partial charge in [-0.3, -0.25) is 0 Å². The van der Waals surface area contributed by atoms with Gasteiger partial charge in [-0.15, -0.1) is 0 Å². The maximum atomic E-state index is 13.3. The predicted molar refractivity (Wildman–Crippen MR) is 56.8 cm³/mol. The van der Waals surface area contributed by atoms with Crippen molar-refractivity contribution in [2.75, 3.05) is 0 Å². The number of alkyl halides is 1. The first-order valence-electron chi connectivity index (χ1n) is 5.25. The highest BCUT2D eigenvalue weighted by atomic mass is 35.5. The van der Waals surface area contributed by atoms with Crippen LogP contribution in [0.4, 0.5) is 4.39 Å². The van der Waals surface area contributed by atoms with Crippen LogP contribution in [0.25, 0.3) is 0 Å². The van der Waals surface area contributed by atoms with Crippen molar-refractivity contribution in [3.8, 4) is 0 Å². The Hall–Kier alpha value is -0.670. The Morgan fingerprint density at radius 2 is 2.20 bits per heavy atom. The average Bonchev–Trinajstić information content (AvgIpc) is 2.77. The van der Waals surface area contributed by atoms with Crippen LogP contribution in [0.1, 0.15) is 24.3 Å². The van der Waals surface area contributed by atoms with E-state index in [0.717, 1.165) is 6.42 Å². The number of fused-ring (bicyclic) bond motifs is 2. The van der Waals surface area contributed by atoms with Gasteiger partial charge in [0.25, 0.3) is 0 Å². The lowest BCUT2D eigenvalue weighted by Gasteiger charge is -2.22. The lowest BCUT2D eigenvalue weighted by molar-refractivity contribution is 0.266. The molecule has 15 heavy (non-hydrogen) atoms. The van der Waals surface area contributed by atoms with E-state index in [1.54, 1.807) is 6.07 Å². The van der Waals surface area contributed by atoms with Crippen molar-refractivity contribution >= 4 is 11.6 Å². The fraction of sp³-hybridized carbons (Fsp3) is 0.545. The quantitative estimate of drug-likeness (QED) is 0.744.